The lowest BCUT2D eigenvalue weighted by atomic mass is 10.2. The number of hydrogen-bond acceptors (Lipinski definition) is 5. The van der Waals surface area contributed by atoms with Gasteiger partial charge in [-0.15, -0.1) is 11.3 Å². The number of thiophene rings is 1. The highest BCUT2D eigenvalue weighted by Crippen LogP contribution is 2.36. The highest BCUT2D eigenvalue weighted by molar-refractivity contribution is 7.21. The molecule has 0 aliphatic rings. The average Bonchev–Trinajstić information content (AvgIpc) is 2.93. The molecule has 116 valence electrons. The van der Waals surface area contributed by atoms with Crippen molar-refractivity contribution in [2.45, 2.75) is 26.2 Å². The molecule has 0 unspecified atom stereocenters. The Morgan fingerprint density at radius 1 is 1.43 bits per heavy atom. The summed E-state index contributed by atoms with van der Waals surface area (Å²) in [5, 5.41) is 14.0. The van der Waals surface area contributed by atoms with Crippen LogP contribution in [-0.2, 0) is 7.05 Å². The number of amides is 1. The van der Waals surface area contributed by atoms with Crippen molar-refractivity contribution in [2.75, 3.05) is 25.9 Å². The van der Waals surface area contributed by atoms with E-state index in [1.807, 2.05) is 14.0 Å². The Morgan fingerprint density at radius 2 is 2.14 bits per heavy atom. The minimum atomic E-state index is -0.0444. The molecule has 3 N–H and O–H groups in total. The Morgan fingerprint density at radius 3 is 2.76 bits per heavy atom. The minimum Gasteiger partial charge on any atom is -0.397 e. The fourth-order valence-corrected chi connectivity index (χ4v) is 3.58. The van der Waals surface area contributed by atoms with Gasteiger partial charge in [0.15, 0.2) is 0 Å². The molecule has 0 saturated carbocycles. The van der Waals surface area contributed by atoms with E-state index in [0.717, 1.165) is 35.2 Å². The number of unbranched alkanes of at least 4 members (excludes halogenated alkanes) is 2. The van der Waals surface area contributed by atoms with E-state index in [9.17, 15) is 4.79 Å². The van der Waals surface area contributed by atoms with E-state index in [2.05, 4.69) is 5.10 Å². The summed E-state index contributed by atoms with van der Waals surface area (Å²) in [4.78, 5) is 15.7. The van der Waals surface area contributed by atoms with Gasteiger partial charge >= 0.3 is 0 Å². The molecule has 0 aliphatic carbocycles. The van der Waals surface area contributed by atoms with E-state index in [4.69, 9.17) is 10.8 Å². The van der Waals surface area contributed by atoms with Gasteiger partial charge in [0, 0.05) is 27.2 Å². The highest BCUT2D eigenvalue weighted by atomic mass is 32.1. The van der Waals surface area contributed by atoms with E-state index in [1.165, 1.54) is 11.3 Å². The summed E-state index contributed by atoms with van der Waals surface area (Å²) >= 11 is 1.40. The number of aromatic nitrogens is 2. The number of fused-ring (bicyclic) bond motifs is 1. The molecular weight excluding hydrogens is 288 g/mol. The quantitative estimate of drug-likeness (QED) is 0.796. The minimum absolute atomic E-state index is 0.0444. The number of rotatable bonds is 6. The Hall–Kier alpha value is -1.60. The molecule has 2 rings (SSSR count). The van der Waals surface area contributed by atoms with Crippen LogP contribution in [-0.4, -0.2) is 45.9 Å². The van der Waals surface area contributed by atoms with Crippen LogP contribution in [0, 0.1) is 6.92 Å². The molecule has 7 heteroatoms. The maximum atomic E-state index is 12.5. The number of nitrogens with zero attached hydrogens (tertiary/aromatic N) is 3. The van der Waals surface area contributed by atoms with Gasteiger partial charge in [-0.1, -0.05) is 0 Å². The third-order valence-corrected chi connectivity index (χ3v) is 4.84. The van der Waals surface area contributed by atoms with Crippen molar-refractivity contribution in [1.82, 2.24) is 14.7 Å². The summed E-state index contributed by atoms with van der Waals surface area (Å²) < 4.78 is 1.77. The lowest BCUT2D eigenvalue weighted by Gasteiger charge is -2.16. The molecule has 0 spiro atoms. The van der Waals surface area contributed by atoms with E-state index in [1.54, 1.807) is 16.6 Å². The Bertz CT molecular complexity index is 647. The summed E-state index contributed by atoms with van der Waals surface area (Å²) in [5.74, 6) is -0.0444. The number of nitrogen functional groups attached to an aromatic ring is 1. The van der Waals surface area contributed by atoms with Gasteiger partial charge in [-0.3, -0.25) is 9.48 Å². The topological polar surface area (TPSA) is 84.4 Å². The van der Waals surface area contributed by atoms with E-state index >= 15 is 0 Å². The van der Waals surface area contributed by atoms with Gasteiger partial charge < -0.3 is 15.7 Å². The molecule has 0 radical (unpaired) electrons. The van der Waals surface area contributed by atoms with Gasteiger partial charge in [-0.25, -0.2) is 0 Å². The van der Waals surface area contributed by atoms with Crippen molar-refractivity contribution in [2.24, 2.45) is 7.05 Å². The number of aliphatic hydroxyl groups is 1. The van der Waals surface area contributed by atoms with Crippen molar-refractivity contribution in [3.8, 4) is 0 Å². The van der Waals surface area contributed by atoms with Crippen molar-refractivity contribution < 1.29 is 9.90 Å². The lowest BCUT2D eigenvalue weighted by molar-refractivity contribution is 0.0798. The predicted molar refractivity (Wildman–Crippen MR) is 85.6 cm³/mol. The number of nitrogens with two attached hydrogens (primary N) is 1. The third-order valence-electron chi connectivity index (χ3n) is 3.57. The highest BCUT2D eigenvalue weighted by Gasteiger charge is 2.22. The van der Waals surface area contributed by atoms with Crippen LogP contribution in [0.2, 0.25) is 0 Å². The fourth-order valence-electron chi connectivity index (χ4n) is 2.40. The standard InChI is InChI=1S/C14H22N4O2S/c1-9-10-11(15)12(21-14(10)18(3)16-9)13(20)17(2)7-5-4-6-8-19/h19H,4-8,15H2,1-3H3. The second-order valence-corrected chi connectivity index (χ2v) is 6.24. The normalized spacial score (nSPS) is 11.2. The summed E-state index contributed by atoms with van der Waals surface area (Å²) in [6.45, 7) is 2.77. The molecule has 0 aliphatic heterocycles. The predicted octanol–water partition coefficient (Wildman–Crippen LogP) is 1.76. The first kappa shape index (κ1) is 15.8. The van der Waals surface area contributed by atoms with Crippen molar-refractivity contribution in [1.29, 1.82) is 0 Å². The molecule has 0 aromatic carbocycles. The molecule has 0 fully saturated rings. The van der Waals surface area contributed by atoms with Crippen LogP contribution in [0.5, 0.6) is 0 Å². The molecule has 21 heavy (non-hydrogen) atoms. The maximum Gasteiger partial charge on any atom is 0.265 e. The molecule has 0 atom stereocenters. The van der Waals surface area contributed by atoms with Gasteiger partial charge in [0.25, 0.3) is 5.91 Å². The molecule has 0 saturated heterocycles. The zero-order valence-electron chi connectivity index (χ0n) is 12.7. The zero-order chi connectivity index (χ0) is 15.6. The molecular formula is C14H22N4O2S. The lowest BCUT2D eigenvalue weighted by Crippen LogP contribution is -2.27. The van der Waals surface area contributed by atoms with Crippen molar-refractivity contribution in [3.05, 3.63) is 10.6 Å². The number of aryl methyl sites for hydroxylation is 2. The Labute approximate surface area is 128 Å². The number of carbonyl (C=O) groups excluding carboxylic acids is 1. The van der Waals surface area contributed by atoms with Crippen molar-refractivity contribution in [3.63, 3.8) is 0 Å². The van der Waals surface area contributed by atoms with Crippen LogP contribution in [0.4, 0.5) is 5.69 Å². The molecule has 6 nitrogen and oxygen atoms in total. The summed E-state index contributed by atoms with van der Waals surface area (Å²) in [6, 6.07) is 0. The summed E-state index contributed by atoms with van der Waals surface area (Å²) in [5.41, 5.74) is 7.53. The van der Waals surface area contributed by atoms with E-state index < -0.39 is 0 Å². The second-order valence-electron chi connectivity index (χ2n) is 5.25. The van der Waals surface area contributed by atoms with Gasteiger partial charge in [0.1, 0.15) is 9.71 Å². The van der Waals surface area contributed by atoms with Crippen LogP contribution in [0.15, 0.2) is 0 Å². The van der Waals surface area contributed by atoms with Crippen LogP contribution in [0.25, 0.3) is 10.2 Å². The van der Waals surface area contributed by atoms with Gasteiger partial charge in [-0.2, -0.15) is 5.10 Å². The van der Waals surface area contributed by atoms with Crippen LogP contribution in [0.3, 0.4) is 0 Å². The zero-order valence-corrected chi connectivity index (χ0v) is 13.5. The molecule has 2 aromatic rings. The molecule has 0 bridgehead atoms. The van der Waals surface area contributed by atoms with Crippen LogP contribution < -0.4 is 5.73 Å². The van der Waals surface area contributed by atoms with Crippen molar-refractivity contribution >= 4 is 33.1 Å². The number of anilines is 1. The SMILES string of the molecule is Cc1nn(C)c2sc(C(=O)N(C)CCCCCO)c(N)c12. The first-order valence-corrected chi connectivity index (χ1v) is 7.87. The average molecular weight is 310 g/mol. The van der Waals surface area contributed by atoms with Gasteiger partial charge in [-0.05, 0) is 26.2 Å². The fraction of sp³-hybridized carbons (Fsp3) is 0.571. The van der Waals surface area contributed by atoms with Gasteiger partial charge in [0.2, 0.25) is 0 Å². The third kappa shape index (κ3) is 3.03. The van der Waals surface area contributed by atoms with Crippen LogP contribution in [0.1, 0.15) is 34.6 Å². The number of aliphatic hydroxyl groups excluding tert-OH is 1. The molecule has 2 aromatic heterocycles. The maximum absolute atomic E-state index is 12.5. The number of carbonyl (C=O) groups is 1. The Kier molecular flexibility index (Phi) is 4.84. The largest absolute Gasteiger partial charge is 0.397 e. The van der Waals surface area contributed by atoms with Gasteiger partial charge in [0.05, 0.1) is 16.8 Å². The monoisotopic (exact) mass is 310 g/mol. The van der Waals surface area contributed by atoms with E-state index in [0.29, 0.717) is 17.1 Å². The summed E-state index contributed by atoms with van der Waals surface area (Å²) in [7, 11) is 3.65. The van der Waals surface area contributed by atoms with Crippen LogP contribution >= 0.6 is 11.3 Å². The summed E-state index contributed by atoms with van der Waals surface area (Å²) in [6.07, 6.45) is 2.57. The van der Waals surface area contributed by atoms with E-state index in [-0.39, 0.29) is 12.5 Å². The first-order chi connectivity index (χ1) is 9.97. The Balaban J connectivity index is 2.16. The first-order valence-electron chi connectivity index (χ1n) is 7.05. The smallest absolute Gasteiger partial charge is 0.265 e. The molecule has 1 amide bonds. The second kappa shape index (κ2) is 6.44. The molecule has 2 heterocycles. The number of hydrogen-bond donors (Lipinski definition) is 2.